The summed E-state index contributed by atoms with van der Waals surface area (Å²) in [7, 11) is 2.21. The van der Waals surface area contributed by atoms with E-state index in [1.54, 1.807) is 0 Å². The first kappa shape index (κ1) is 11.1. The number of thiophene rings is 1. The first-order valence-corrected chi connectivity index (χ1v) is 6.61. The normalized spacial score (nSPS) is 25.3. The van der Waals surface area contributed by atoms with Crippen LogP contribution in [0.1, 0.15) is 30.7 Å². The van der Waals surface area contributed by atoms with Gasteiger partial charge in [-0.15, -0.1) is 11.3 Å². The van der Waals surface area contributed by atoms with E-state index in [-0.39, 0.29) is 0 Å². The van der Waals surface area contributed by atoms with Crippen LogP contribution >= 0.6 is 11.3 Å². The zero-order valence-corrected chi connectivity index (χ0v) is 10.4. The van der Waals surface area contributed by atoms with Crippen LogP contribution in [-0.2, 0) is 0 Å². The molecule has 1 aliphatic heterocycles. The van der Waals surface area contributed by atoms with Gasteiger partial charge < -0.3 is 10.2 Å². The van der Waals surface area contributed by atoms with Gasteiger partial charge in [0.1, 0.15) is 0 Å². The second kappa shape index (κ2) is 5.10. The molecule has 0 spiro atoms. The van der Waals surface area contributed by atoms with Crippen LogP contribution in [0, 0.1) is 0 Å². The van der Waals surface area contributed by atoms with Crippen molar-refractivity contribution >= 4 is 11.3 Å². The third-order valence-electron chi connectivity index (χ3n) is 3.08. The lowest BCUT2D eigenvalue weighted by Crippen LogP contribution is -2.44. The average molecular weight is 224 g/mol. The summed E-state index contributed by atoms with van der Waals surface area (Å²) in [5.41, 5.74) is 0. The molecule has 1 aliphatic rings. The Balaban J connectivity index is 1.86. The van der Waals surface area contributed by atoms with Crippen molar-refractivity contribution in [2.75, 3.05) is 20.1 Å². The molecule has 84 valence electrons. The molecule has 0 saturated carbocycles. The number of nitrogens with zero attached hydrogens (tertiary/aromatic N) is 1. The minimum absolute atomic E-state index is 0.501. The van der Waals surface area contributed by atoms with Crippen LogP contribution < -0.4 is 5.32 Å². The highest BCUT2D eigenvalue weighted by atomic mass is 32.1. The van der Waals surface area contributed by atoms with E-state index < -0.39 is 0 Å². The Morgan fingerprint density at radius 2 is 2.47 bits per heavy atom. The molecule has 2 nitrogen and oxygen atoms in total. The lowest BCUT2D eigenvalue weighted by Gasteiger charge is -2.32. The summed E-state index contributed by atoms with van der Waals surface area (Å²) in [5.74, 6) is 0. The van der Waals surface area contributed by atoms with Crippen molar-refractivity contribution in [3.8, 4) is 0 Å². The van der Waals surface area contributed by atoms with Crippen molar-refractivity contribution in [3.63, 3.8) is 0 Å². The number of piperidine rings is 1. The first-order valence-electron chi connectivity index (χ1n) is 5.73. The van der Waals surface area contributed by atoms with Gasteiger partial charge in [-0.05, 0) is 44.8 Å². The fourth-order valence-electron chi connectivity index (χ4n) is 2.28. The first-order chi connectivity index (χ1) is 7.25. The lowest BCUT2D eigenvalue weighted by atomic mass is 10.1. The lowest BCUT2D eigenvalue weighted by molar-refractivity contribution is 0.219. The van der Waals surface area contributed by atoms with E-state index in [2.05, 4.69) is 41.7 Å². The van der Waals surface area contributed by atoms with Crippen LogP contribution in [0.15, 0.2) is 17.5 Å². The number of likely N-dealkylation sites (tertiary alicyclic amines) is 1. The van der Waals surface area contributed by atoms with Crippen LogP contribution in [0.3, 0.4) is 0 Å². The van der Waals surface area contributed by atoms with Crippen LogP contribution in [0.2, 0.25) is 0 Å². The Labute approximate surface area is 96.3 Å². The molecule has 0 aromatic carbocycles. The van der Waals surface area contributed by atoms with Crippen LogP contribution in [0.25, 0.3) is 0 Å². The minimum atomic E-state index is 0.501. The maximum Gasteiger partial charge on any atom is 0.0388 e. The topological polar surface area (TPSA) is 15.3 Å². The summed E-state index contributed by atoms with van der Waals surface area (Å²) in [4.78, 5) is 3.87. The van der Waals surface area contributed by atoms with E-state index in [1.807, 2.05) is 11.3 Å². The summed E-state index contributed by atoms with van der Waals surface area (Å²) >= 11 is 1.84. The van der Waals surface area contributed by atoms with Crippen molar-refractivity contribution in [3.05, 3.63) is 22.4 Å². The molecule has 0 bridgehead atoms. The quantitative estimate of drug-likeness (QED) is 0.848. The fourth-order valence-corrected chi connectivity index (χ4v) is 3.02. The second-order valence-electron chi connectivity index (χ2n) is 4.51. The molecule has 0 radical (unpaired) electrons. The van der Waals surface area contributed by atoms with Crippen molar-refractivity contribution < 1.29 is 0 Å². The smallest absolute Gasteiger partial charge is 0.0388 e. The number of likely N-dealkylation sites (N-methyl/N-ethyl adjacent to an activating group) is 1. The van der Waals surface area contributed by atoms with E-state index in [0.29, 0.717) is 12.1 Å². The van der Waals surface area contributed by atoms with E-state index in [0.717, 1.165) is 0 Å². The van der Waals surface area contributed by atoms with Crippen molar-refractivity contribution in [1.82, 2.24) is 10.2 Å². The van der Waals surface area contributed by atoms with Gasteiger partial charge in [0.25, 0.3) is 0 Å². The Kier molecular flexibility index (Phi) is 3.78. The molecule has 1 aromatic rings. The molecule has 2 rings (SSSR count). The molecule has 0 aliphatic carbocycles. The standard InChI is InChI=1S/C12H20N2S/c1-10(12-6-4-8-15-12)13-11-5-3-7-14(2)9-11/h4,6,8,10-11,13H,3,5,7,9H2,1-2H3/t10-,11?/m1/s1. The van der Waals surface area contributed by atoms with Gasteiger partial charge in [0.2, 0.25) is 0 Å². The van der Waals surface area contributed by atoms with Gasteiger partial charge in [-0.3, -0.25) is 0 Å². The largest absolute Gasteiger partial charge is 0.305 e. The number of rotatable bonds is 3. The van der Waals surface area contributed by atoms with Crippen LogP contribution in [0.5, 0.6) is 0 Å². The molecule has 1 aromatic heterocycles. The van der Waals surface area contributed by atoms with Crippen LogP contribution in [0.4, 0.5) is 0 Å². The monoisotopic (exact) mass is 224 g/mol. The number of nitrogens with one attached hydrogen (secondary N) is 1. The van der Waals surface area contributed by atoms with Crippen molar-refractivity contribution in [2.24, 2.45) is 0 Å². The molecule has 1 fully saturated rings. The molecular weight excluding hydrogens is 204 g/mol. The highest BCUT2D eigenvalue weighted by Gasteiger charge is 2.19. The molecule has 15 heavy (non-hydrogen) atoms. The zero-order chi connectivity index (χ0) is 10.7. The average Bonchev–Trinajstić information content (AvgIpc) is 2.70. The van der Waals surface area contributed by atoms with E-state index >= 15 is 0 Å². The summed E-state index contributed by atoms with van der Waals surface area (Å²) < 4.78 is 0. The molecule has 1 N–H and O–H groups in total. The number of hydrogen-bond acceptors (Lipinski definition) is 3. The van der Waals surface area contributed by atoms with Crippen molar-refractivity contribution in [1.29, 1.82) is 0 Å². The Morgan fingerprint density at radius 1 is 1.60 bits per heavy atom. The highest BCUT2D eigenvalue weighted by molar-refractivity contribution is 7.10. The Bertz CT molecular complexity index is 284. The molecule has 1 unspecified atom stereocenters. The van der Waals surface area contributed by atoms with Crippen molar-refractivity contribution in [2.45, 2.75) is 31.8 Å². The van der Waals surface area contributed by atoms with Gasteiger partial charge in [0, 0.05) is 23.5 Å². The fraction of sp³-hybridized carbons (Fsp3) is 0.667. The summed E-state index contributed by atoms with van der Waals surface area (Å²) in [6.07, 6.45) is 2.64. The summed E-state index contributed by atoms with van der Waals surface area (Å²) in [6.45, 7) is 4.71. The van der Waals surface area contributed by atoms with Gasteiger partial charge >= 0.3 is 0 Å². The zero-order valence-electron chi connectivity index (χ0n) is 9.57. The van der Waals surface area contributed by atoms with E-state index in [9.17, 15) is 0 Å². The summed E-state index contributed by atoms with van der Waals surface area (Å²) in [5, 5.41) is 5.87. The third kappa shape index (κ3) is 3.03. The minimum Gasteiger partial charge on any atom is -0.305 e. The molecule has 2 heterocycles. The van der Waals surface area contributed by atoms with Gasteiger partial charge in [0.15, 0.2) is 0 Å². The van der Waals surface area contributed by atoms with Gasteiger partial charge in [0.05, 0.1) is 0 Å². The summed E-state index contributed by atoms with van der Waals surface area (Å²) in [6, 6.07) is 5.52. The predicted octanol–water partition coefficient (Wildman–Crippen LogP) is 2.49. The highest BCUT2D eigenvalue weighted by Crippen LogP contribution is 2.20. The molecule has 2 atom stereocenters. The Hall–Kier alpha value is -0.380. The van der Waals surface area contributed by atoms with E-state index in [4.69, 9.17) is 0 Å². The number of hydrogen-bond donors (Lipinski definition) is 1. The Morgan fingerprint density at radius 3 is 3.13 bits per heavy atom. The van der Waals surface area contributed by atoms with Crippen LogP contribution in [-0.4, -0.2) is 31.1 Å². The molecular formula is C12H20N2S. The SMILES string of the molecule is C[C@@H](NC1CCCN(C)C1)c1cccs1. The maximum absolute atomic E-state index is 3.72. The maximum atomic E-state index is 3.72. The van der Waals surface area contributed by atoms with Gasteiger partial charge in [-0.25, -0.2) is 0 Å². The van der Waals surface area contributed by atoms with E-state index in [1.165, 1.54) is 30.8 Å². The molecule has 1 saturated heterocycles. The third-order valence-corrected chi connectivity index (χ3v) is 4.14. The van der Waals surface area contributed by atoms with Gasteiger partial charge in [-0.2, -0.15) is 0 Å². The molecule has 0 amide bonds. The molecule has 3 heteroatoms. The van der Waals surface area contributed by atoms with Gasteiger partial charge in [-0.1, -0.05) is 6.07 Å². The second-order valence-corrected chi connectivity index (χ2v) is 5.48. The predicted molar refractivity (Wildman–Crippen MR) is 66.4 cm³/mol.